The second kappa shape index (κ2) is 9.61. The highest BCUT2D eigenvalue weighted by atomic mass is 19.1. The number of rotatable bonds is 7. The van der Waals surface area contributed by atoms with E-state index in [1.807, 2.05) is 36.4 Å². The number of piperazine rings is 1. The first-order chi connectivity index (χ1) is 15.1. The number of nitrogens with zero attached hydrogens (tertiary/aromatic N) is 3. The molecule has 1 saturated heterocycles. The minimum atomic E-state index is -0.184. The highest BCUT2D eigenvalue weighted by Gasteiger charge is 2.19. The van der Waals surface area contributed by atoms with Crippen LogP contribution in [0.1, 0.15) is 10.5 Å². The molecule has 7 nitrogen and oxygen atoms in total. The van der Waals surface area contributed by atoms with E-state index in [4.69, 9.17) is 4.74 Å². The van der Waals surface area contributed by atoms with Crippen LogP contribution in [0.15, 0.2) is 54.6 Å². The number of aromatic amines is 1. The Morgan fingerprint density at radius 2 is 1.87 bits per heavy atom. The summed E-state index contributed by atoms with van der Waals surface area (Å²) in [5, 5.41) is 9.97. The van der Waals surface area contributed by atoms with Gasteiger partial charge in [0.05, 0.1) is 18.5 Å². The van der Waals surface area contributed by atoms with Crippen LogP contribution < -0.4 is 15.0 Å². The van der Waals surface area contributed by atoms with Gasteiger partial charge in [-0.3, -0.25) is 14.8 Å². The Morgan fingerprint density at radius 1 is 1.13 bits per heavy atom. The monoisotopic (exact) mass is 423 g/mol. The Morgan fingerprint density at radius 3 is 2.58 bits per heavy atom. The molecule has 0 atom stereocenters. The number of nitrogens with one attached hydrogen (secondary N) is 2. The van der Waals surface area contributed by atoms with Crippen molar-refractivity contribution in [1.82, 2.24) is 20.4 Å². The van der Waals surface area contributed by atoms with E-state index in [1.165, 1.54) is 6.07 Å². The van der Waals surface area contributed by atoms with E-state index in [-0.39, 0.29) is 11.7 Å². The summed E-state index contributed by atoms with van der Waals surface area (Å²) in [6.07, 6.45) is 0. The average molecular weight is 423 g/mol. The lowest BCUT2D eigenvalue weighted by molar-refractivity contribution is 0.0942. The van der Waals surface area contributed by atoms with Crippen LogP contribution >= 0.6 is 0 Å². The Labute approximate surface area is 180 Å². The van der Waals surface area contributed by atoms with Gasteiger partial charge in [-0.15, -0.1) is 0 Å². The molecule has 0 spiro atoms. The molecule has 0 unspecified atom stereocenters. The molecule has 1 aliphatic rings. The van der Waals surface area contributed by atoms with Crippen molar-refractivity contribution < 1.29 is 13.9 Å². The molecular formula is C23H26FN5O2. The normalized spacial score (nSPS) is 14.5. The largest absolute Gasteiger partial charge is 0.497 e. The molecule has 1 aromatic heterocycles. The lowest BCUT2D eigenvalue weighted by Crippen LogP contribution is -2.48. The zero-order chi connectivity index (χ0) is 21.6. The van der Waals surface area contributed by atoms with Gasteiger partial charge in [0.15, 0.2) is 0 Å². The molecule has 4 rings (SSSR count). The van der Waals surface area contributed by atoms with E-state index in [1.54, 1.807) is 19.2 Å². The zero-order valence-corrected chi connectivity index (χ0v) is 17.5. The summed E-state index contributed by atoms with van der Waals surface area (Å²) in [5.74, 6) is 0.404. The zero-order valence-electron chi connectivity index (χ0n) is 17.5. The minimum absolute atomic E-state index is 0.183. The van der Waals surface area contributed by atoms with Crippen molar-refractivity contribution in [2.24, 2.45) is 0 Å². The van der Waals surface area contributed by atoms with E-state index < -0.39 is 0 Å². The molecule has 162 valence electrons. The molecule has 2 aromatic carbocycles. The molecule has 31 heavy (non-hydrogen) atoms. The Hall–Kier alpha value is -3.39. The van der Waals surface area contributed by atoms with Crippen molar-refractivity contribution >= 4 is 11.6 Å². The first kappa shape index (κ1) is 20.9. The number of benzene rings is 2. The maximum atomic E-state index is 14.0. The standard InChI is InChI=1S/C23H26FN5O2/c1-31-18-8-6-17(7-9-18)20-16-21(27-26-20)23(30)25-10-11-28-12-14-29(15-13-28)22-5-3-2-4-19(22)24/h2-9,16H,10-15H2,1H3,(H,25,30)(H,26,27). The van der Waals surface area contributed by atoms with Gasteiger partial charge < -0.3 is 15.0 Å². The van der Waals surface area contributed by atoms with Crippen molar-refractivity contribution in [2.45, 2.75) is 0 Å². The van der Waals surface area contributed by atoms with Crippen LogP contribution in [0, 0.1) is 5.82 Å². The average Bonchev–Trinajstić information content (AvgIpc) is 3.30. The Bertz CT molecular complexity index is 1010. The van der Waals surface area contributed by atoms with Gasteiger partial charge in [-0.25, -0.2) is 4.39 Å². The van der Waals surface area contributed by atoms with Gasteiger partial charge in [0.1, 0.15) is 17.3 Å². The van der Waals surface area contributed by atoms with Crippen LogP contribution in [0.4, 0.5) is 10.1 Å². The first-order valence-electron chi connectivity index (χ1n) is 10.3. The van der Waals surface area contributed by atoms with Crippen LogP contribution in [0.2, 0.25) is 0 Å². The second-order valence-corrected chi connectivity index (χ2v) is 7.43. The summed E-state index contributed by atoms with van der Waals surface area (Å²) >= 11 is 0. The van der Waals surface area contributed by atoms with E-state index in [2.05, 4.69) is 25.3 Å². The van der Waals surface area contributed by atoms with Crippen molar-refractivity contribution in [3.05, 3.63) is 66.1 Å². The quantitative estimate of drug-likeness (QED) is 0.611. The maximum absolute atomic E-state index is 14.0. The number of hydrogen-bond acceptors (Lipinski definition) is 5. The molecule has 1 fully saturated rings. The fourth-order valence-electron chi connectivity index (χ4n) is 3.69. The van der Waals surface area contributed by atoms with Crippen LogP contribution in [0.5, 0.6) is 5.75 Å². The van der Waals surface area contributed by atoms with Gasteiger partial charge in [0.2, 0.25) is 0 Å². The Balaban J connectivity index is 1.23. The highest BCUT2D eigenvalue weighted by molar-refractivity contribution is 5.93. The maximum Gasteiger partial charge on any atom is 0.269 e. The van der Waals surface area contributed by atoms with Crippen LogP contribution in [0.3, 0.4) is 0 Å². The lowest BCUT2D eigenvalue weighted by atomic mass is 10.1. The molecule has 0 radical (unpaired) electrons. The molecule has 3 aromatic rings. The number of carbonyl (C=O) groups is 1. The van der Waals surface area contributed by atoms with Gasteiger partial charge in [-0.1, -0.05) is 12.1 Å². The lowest BCUT2D eigenvalue weighted by Gasteiger charge is -2.36. The fraction of sp³-hybridized carbons (Fsp3) is 0.304. The van der Waals surface area contributed by atoms with E-state index in [9.17, 15) is 9.18 Å². The third-order valence-electron chi connectivity index (χ3n) is 5.49. The number of halogens is 1. The number of anilines is 1. The minimum Gasteiger partial charge on any atom is -0.497 e. The smallest absolute Gasteiger partial charge is 0.269 e. The number of para-hydroxylation sites is 1. The number of hydrogen-bond donors (Lipinski definition) is 2. The van der Waals surface area contributed by atoms with Crippen molar-refractivity contribution in [3.8, 4) is 17.0 Å². The van der Waals surface area contributed by atoms with Crippen LogP contribution in [-0.2, 0) is 0 Å². The van der Waals surface area contributed by atoms with Gasteiger partial charge >= 0.3 is 0 Å². The Kier molecular flexibility index (Phi) is 6.47. The first-order valence-corrected chi connectivity index (χ1v) is 10.3. The summed E-state index contributed by atoms with van der Waals surface area (Å²) in [5.41, 5.74) is 2.69. The molecule has 0 saturated carbocycles. The molecule has 2 heterocycles. The third kappa shape index (κ3) is 5.03. The van der Waals surface area contributed by atoms with Crippen molar-refractivity contribution in [1.29, 1.82) is 0 Å². The summed E-state index contributed by atoms with van der Waals surface area (Å²) in [7, 11) is 1.62. The molecule has 0 aliphatic carbocycles. The molecular weight excluding hydrogens is 397 g/mol. The van der Waals surface area contributed by atoms with Crippen molar-refractivity contribution in [2.75, 3.05) is 51.3 Å². The SMILES string of the molecule is COc1ccc(-c2cc(C(=O)NCCN3CCN(c4ccccc4F)CC3)[nH]n2)cc1. The number of methoxy groups -OCH3 is 1. The van der Waals surface area contributed by atoms with Crippen LogP contribution in [0.25, 0.3) is 11.3 Å². The molecule has 0 bridgehead atoms. The topological polar surface area (TPSA) is 73.5 Å². The summed E-state index contributed by atoms with van der Waals surface area (Å²) in [6.45, 7) is 4.47. The molecule has 2 N–H and O–H groups in total. The van der Waals surface area contributed by atoms with E-state index in [0.29, 0.717) is 23.6 Å². The second-order valence-electron chi connectivity index (χ2n) is 7.43. The van der Waals surface area contributed by atoms with Crippen molar-refractivity contribution in [3.63, 3.8) is 0 Å². The fourth-order valence-corrected chi connectivity index (χ4v) is 3.69. The van der Waals surface area contributed by atoms with Gasteiger partial charge in [0.25, 0.3) is 5.91 Å². The van der Waals surface area contributed by atoms with E-state index in [0.717, 1.165) is 44.0 Å². The summed E-state index contributed by atoms with van der Waals surface area (Å²) in [4.78, 5) is 16.8. The van der Waals surface area contributed by atoms with Crippen LogP contribution in [-0.4, -0.2) is 67.4 Å². The number of H-pyrrole nitrogens is 1. The van der Waals surface area contributed by atoms with Gasteiger partial charge in [-0.2, -0.15) is 5.10 Å². The predicted octanol–water partition coefficient (Wildman–Crippen LogP) is 2.78. The number of aromatic nitrogens is 2. The third-order valence-corrected chi connectivity index (χ3v) is 5.49. The predicted molar refractivity (Wildman–Crippen MR) is 118 cm³/mol. The summed E-state index contributed by atoms with van der Waals surface area (Å²) < 4.78 is 19.1. The van der Waals surface area contributed by atoms with Gasteiger partial charge in [-0.05, 0) is 42.5 Å². The van der Waals surface area contributed by atoms with E-state index >= 15 is 0 Å². The molecule has 8 heteroatoms. The number of carbonyl (C=O) groups excluding carboxylic acids is 1. The number of amides is 1. The molecule has 1 aliphatic heterocycles. The molecule has 1 amide bonds. The summed E-state index contributed by atoms with van der Waals surface area (Å²) in [6, 6.07) is 16.1. The number of ether oxygens (including phenoxy) is 1. The van der Waals surface area contributed by atoms with Gasteiger partial charge in [0, 0.05) is 44.8 Å². The highest BCUT2D eigenvalue weighted by Crippen LogP contribution is 2.21.